The van der Waals surface area contributed by atoms with Crippen molar-refractivity contribution < 1.29 is 9.59 Å². The van der Waals surface area contributed by atoms with Crippen molar-refractivity contribution in [1.82, 2.24) is 35.4 Å². The number of benzene rings is 5. The highest BCUT2D eigenvalue weighted by atomic mass is 16.2. The Morgan fingerprint density at radius 3 is 1.86 bits per heavy atom. The molecule has 0 saturated carbocycles. The lowest BCUT2D eigenvalue weighted by Gasteiger charge is -2.35. The summed E-state index contributed by atoms with van der Waals surface area (Å²) in [6.07, 6.45) is 1.59. The lowest BCUT2D eigenvalue weighted by molar-refractivity contribution is 0.0933. The molecule has 0 aliphatic rings. The monoisotopic (exact) mass is 670 g/mol. The number of aromatic amines is 1. The maximum atomic E-state index is 13.4. The van der Waals surface area contributed by atoms with Crippen molar-refractivity contribution in [3.05, 3.63) is 195 Å². The highest BCUT2D eigenvalue weighted by molar-refractivity contribution is 5.92. The number of hydrogen-bond donors (Lipinski definition) is 3. The van der Waals surface area contributed by atoms with Crippen LogP contribution in [0.15, 0.2) is 145 Å². The number of aromatic nitrogens is 5. The Kier molecular flexibility index (Phi) is 8.96. The molecule has 7 rings (SSSR count). The fourth-order valence-corrected chi connectivity index (χ4v) is 6.16. The number of carbonyl (C=O) groups is 2. The van der Waals surface area contributed by atoms with Crippen LogP contribution in [0.1, 0.15) is 54.6 Å². The lowest BCUT2D eigenvalue weighted by atomic mass is 9.77. The highest BCUT2D eigenvalue weighted by Crippen LogP contribution is 2.40. The minimum atomic E-state index is -0.898. The molecular formula is C40H30N8O3. The van der Waals surface area contributed by atoms with Gasteiger partial charge >= 0.3 is 0 Å². The number of H-pyrrole nitrogens is 1. The Morgan fingerprint density at radius 2 is 1.29 bits per heavy atom. The van der Waals surface area contributed by atoms with Gasteiger partial charge < -0.3 is 15.6 Å². The molecule has 3 N–H and O–H groups in total. The normalized spacial score (nSPS) is 11.1. The van der Waals surface area contributed by atoms with E-state index in [-0.39, 0.29) is 30.1 Å². The molecule has 2 amide bonds. The number of nitriles is 1. The third kappa shape index (κ3) is 6.49. The topological polar surface area (TPSA) is 158 Å². The van der Waals surface area contributed by atoms with Gasteiger partial charge in [-0.1, -0.05) is 115 Å². The molecule has 0 radical (unpaired) electrons. The zero-order valence-corrected chi connectivity index (χ0v) is 27.2. The molecule has 0 unspecified atom stereocenters. The van der Waals surface area contributed by atoms with E-state index in [1.54, 1.807) is 11.0 Å². The number of nitrogens with zero attached hydrogens (tertiary/aromatic N) is 5. The van der Waals surface area contributed by atoms with Crippen LogP contribution >= 0.6 is 0 Å². The number of fused-ring (bicyclic) bond motifs is 1. The number of amides is 2. The van der Waals surface area contributed by atoms with E-state index in [9.17, 15) is 14.4 Å². The second kappa shape index (κ2) is 14.1. The van der Waals surface area contributed by atoms with E-state index in [0.29, 0.717) is 11.1 Å². The van der Waals surface area contributed by atoms with Gasteiger partial charge in [0, 0.05) is 13.1 Å². The quantitative estimate of drug-likeness (QED) is 0.171. The summed E-state index contributed by atoms with van der Waals surface area (Å²) in [5, 5.41) is 19.8. The fraction of sp³-hybridized carbons (Fsp3) is 0.0750. The molecular weight excluding hydrogens is 640 g/mol. The molecule has 7 aromatic rings. The van der Waals surface area contributed by atoms with Crippen LogP contribution in [-0.4, -0.2) is 36.5 Å². The zero-order chi connectivity index (χ0) is 35.2. The minimum absolute atomic E-state index is 0.0197. The third-order valence-electron chi connectivity index (χ3n) is 8.56. The average molecular weight is 671 g/mol. The summed E-state index contributed by atoms with van der Waals surface area (Å²) in [7, 11) is 0. The molecule has 0 fully saturated rings. The van der Waals surface area contributed by atoms with Crippen molar-refractivity contribution in [3.8, 4) is 6.07 Å². The minimum Gasteiger partial charge on any atom is -0.345 e. The Morgan fingerprint density at radius 1 is 0.725 bits per heavy atom. The molecule has 11 heteroatoms. The molecule has 2 heterocycles. The maximum Gasteiger partial charge on any atom is 0.291 e. The summed E-state index contributed by atoms with van der Waals surface area (Å²) in [5.74, 6) is -1.12. The number of nitrogens with one attached hydrogen (secondary N) is 3. The summed E-state index contributed by atoms with van der Waals surface area (Å²) in [6, 6.07) is 43.9. The predicted octanol–water partition coefficient (Wildman–Crippen LogP) is 5.09. The summed E-state index contributed by atoms with van der Waals surface area (Å²) in [6.45, 7) is 0.350. The molecule has 51 heavy (non-hydrogen) atoms. The summed E-state index contributed by atoms with van der Waals surface area (Å²) < 4.78 is 1.74. The van der Waals surface area contributed by atoms with E-state index in [1.165, 1.54) is 18.2 Å². The van der Waals surface area contributed by atoms with Crippen LogP contribution in [0.2, 0.25) is 0 Å². The largest absolute Gasteiger partial charge is 0.345 e. The molecule has 0 aliphatic carbocycles. The van der Waals surface area contributed by atoms with Crippen LogP contribution < -0.4 is 16.2 Å². The van der Waals surface area contributed by atoms with Gasteiger partial charge in [-0.25, -0.2) is 14.6 Å². The smallest absolute Gasteiger partial charge is 0.291 e. The first kappa shape index (κ1) is 32.4. The molecule has 5 aromatic carbocycles. The van der Waals surface area contributed by atoms with Crippen LogP contribution in [0, 0.1) is 11.3 Å². The van der Waals surface area contributed by atoms with E-state index in [1.807, 2.05) is 121 Å². The molecule has 0 bridgehead atoms. The van der Waals surface area contributed by atoms with Crippen LogP contribution in [0.4, 0.5) is 0 Å². The SMILES string of the molecule is N#Cc1ccc2nc(C(=O)NCc3cccc(CNC(=O)c4ncn(C(c5ccccc5)(c5ccccc5)c5ccccc5)n4)c3)[nH]c(=O)c2c1. The third-order valence-corrected chi connectivity index (χ3v) is 8.56. The van der Waals surface area contributed by atoms with Crippen molar-refractivity contribution in [1.29, 1.82) is 5.26 Å². The van der Waals surface area contributed by atoms with Gasteiger partial charge in [-0.3, -0.25) is 14.4 Å². The number of rotatable bonds is 10. The molecule has 0 saturated heterocycles. The first-order valence-corrected chi connectivity index (χ1v) is 16.1. The summed E-state index contributed by atoms with van der Waals surface area (Å²) in [5.41, 5.74) is 3.68. The standard InChI is InChI=1S/C40H30N8O3/c41-23-27-19-20-34-33(22-27)37(49)46-36(45-34)39(51)43-25-29-12-10-11-28(21-29)24-42-38(50)35-44-26-48(47-35)40(30-13-4-1-5-14-30,31-15-6-2-7-16-31)32-17-8-3-9-18-32/h1-22,26H,24-25H2,(H,42,50)(H,43,51)(H,45,46,49). The second-order valence-electron chi connectivity index (χ2n) is 11.8. The second-order valence-corrected chi connectivity index (χ2v) is 11.8. The molecule has 0 spiro atoms. The van der Waals surface area contributed by atoms with Gasteiger partial charge in [-0.05, 0) is 46.0 Å². The van der Waals surface area contributed by atoms with Gasteiger partial charge in [-0.15, -0.1) is 5.10 Å². The van der Waals surface area contributed by atoms with Crippen molar-refractivity contribution in [3.63, 3.8) is 0 Å². The van der Waals surface area contributed by atoms with E-state index >= 15 is 0 Å². The molecule has 0 aliphatic heterocycles. The van der Waals surface area contributed by atoms with Gasteiger partial charge in [0.05, 0.1) is 22.5 Å². The summed E-state index contributed by atoms with van der Waals surface area (Å²) >= 11 is 0. The van der Waals surface area contributed by atoms with E-state index < -0.39 is 22.9 Å². The van der Waals surface area contributed by atoms with Gasteiger partial charge in [0.2, 0.25) is 5.82 Å². The van der Waals surface area contributed by atoms with E-state index in [2.05, 4.69) is 25.6 Å². The zero-order valence-electron chi connectivity index (χ0n) is 27.2. The first-order chi connectivity index (χ1) is 24.9. The van der Waals surface area contributed by atoms with Crippen molar-refractivity contribution in [2.24, 2.45) is 0 Å². The summed E-state index contributed by atoms with van der Waals surface area (Å²) in [4.78, 5) is 50.0. The maximum absolute atomic E-state index is 13.4. The van der Waals surface area contributed by atoms with Crippen LogP contribution in [0.25, 0.3) is 10.9 Å². The number of hydrogen-bond acceptors (Lipinski definition) is 7. The van der Waals surface area contributed by atoms with Crippen LogP contribution in [0.3, 0.4) is 0 Å². The van der Waals surface area contributed by atoms with Gasteiger partial charge in [0.25, 0.3) is 17.4 Å². The predicted molar refractivity (Wildman–Crippen MR) is 190 cm³/mol. The molecule has 2 aromatic heterocycles. The van der Waals surface area contributed by atoms with Crippen LogP contribution in [-0.2, 0) is 18.6 Å². The van der Waals surface area contributed by atoms with Gasteiger partial charge in [0.15, 0.2) is 5.82 Å². The molecule has 0 atom stereocenters. The molecule has 11 nitrogen and oxygen atoms in total. The van der Waals surface area contributed by atoms with Crippen molar-refractivity contribution in [2.75, 3.05) is 0 Å². The van der Waals surface area contributed by atoms with Crippen molar-refractivity contribution in [2.45, 2.75) is 18.6 Å². The van der Waals surface area contributed by atoms with Crippen LogP contribution in [0.5, 0.6) is 0 Å². The van der Waals surface area contributed by atoms with Gasteiger partial charge in [0.1, 0.15) is 11.9 Å². The van der Waals surface area contributed by atoms with E-state index in [0.717, 1.165) is 27.8 Å². The first-order valence-electron chi connectivity index (χ1n) is 16.1. The fourth-order valence-electron chi connectivity index (χ4n) is 6.16. The Bertz CT molecular complexity index is 2360. The Labute approximate surface area is 292 Å². The highest BCUT2D eigenvalue weighted by Gasteiger charge is 2.40. The molecule has 248 valence electrons. The Balaban J connectivity index is 1.07. The Hall–Kier alpha value is -7.19. The number of carbonyl (C=O) groups excluding carboxylic acids is 2. The average Bonchev–Trinajstić information content (AvgIpc) is 3.68. The van der Waals surface area contributed by atoms with Crippen molar-refractivity contribution >= 4 is 22.7 Å². The van der Waals surface area contributed by atoms with E-state index in [4.69, 9.17) is 10.4 Å². The lowest BCUT2D eigenvalue weighted by Crippen LogP contribution is -2.38. The van der Waals surface area contributed by atoms with Gasteiger partial charge in [-0.2, -0.15) is 5.26 Å².